The SMILES string of the molecule is CC1OC(OC2/C=C/C=C/C=C/C=C/C=C/C=C/C=C/[C@H](C)[C@@H](O)CCOC(=O)C[C@H](O)C[C@H](O)CC[C@@H](O)[C@H](O)C[C@H](O)CC(O)(O)C[C@H](O)[C@@H](C(=O)NC(CO)CO)CC2)C(O)C(N)C1O. The zero-order valence-electron chi connectivity index (χ0n) is 38.9. The van der Waals surface area contributed by atoms with Gasteiger partial charge in [-0.05, 0) is 39.0 Å². The number of allylic oxidation sites excluding steroid dienone is 12. The number of carbonyl (C=O) groups is 2. The second kappa shape index (κ2) is 32.4. The Balaban J connectivity index is 2.37. The summed E-state index contributed by atoms with van der Waals surface area (Å²) in [6.45, 7) is 1.90. The van der Waals surface area contributed by atoms with Crippen molar-refractivity contribution >= 4 is 11.9 Å². The molecule has 1 fully saturated rings. The molecular formula is C48H78N2O18. The highest BCUT2D eigenvalue weighted by atomic mass is 16.7. The molecule has 68 heavy (non-hydrogen) atoms. The van der Waals surface area contributed by atoms with Crippen LogP contribution in [0.2, 0.25) is 0 Å². The summed E-state index contributed by atoms with van der Waals surface area (Å²) in [5, 5.41) is 139. The van der Waals surface area contributed by atoms with Crippen molar-refractivity contribution in [1.82, 2.24) is 5.32 Å². The number of carbonyl (C=O) groups excluding carboxylic acids is 2. The normalized spacial score (nSPS) is 38.9. The monoisotopic (exact) mass is 971 g/mol. The van der Waals surface area contributed by atoms with Gasteiger partial charge in [-0.25, -0.2) is 0 Å². The molecule has 1 amide bonds. The minimum atomic E-state index is -2.85. The van der Waals surface area contributed by atoms with Crippen LogP contribution in [0, 0.1) is 11.8 Å². The summed E-state index contributed by atoms with van der Waals surface area (Å²) in [6.07, 6.45) is 5.06. The van der Waals surface area contributed by atoms with E-state index in [0.717, 1.165) is 0 Å². The summed E-state index contributed by atoms with van der Waals surface area (Å²) in [5.74, 6) is -6.19. The Hall–Kier alpha value is -3.52. The fraction of sp³-hybridized carbons (Fsp3) is 0.667. The Morgan fingerprint density at radius 2 is 1.26 bits per heavy atom. The van der Waals surface area contributed by atoms with Crippen LogP contribution in [0.4, 0.5) is 0 Å². The minimum Gasteiger partial charge on any atom is -0.465 e. The van der Waals surface area contributed by atoms with Gasteiger partial charge >= 0.3 is 5.97 Å². The van der Waals surface area contributed by atoms with Crippen LogP contribution >= 0.6 is 0 Å². The number of nitrogens with two attached hydrogens (primary N) is 1. The highest BCUT2D eigenvalue weighted by Crippen LogP contribution is 2.28. The van der Waals surface area contributed by atoms with Gasteiger partial charge in [-0.2, -0.15) is 0 Å². The van der Waals surface area contributed by atoms with Gasteiger partial charge in [-0.3, -0.25) is 9.59 Å². The molecule has 2 rings (SSSR count). The first-order valence-electron chi connectivity index (χ1n) is 23.2. The molecule has 0 aromatic carbocycles. The molecule has 15 atom stereocenters. The molecule has 0 radical (unpaired) electrons. The quantitative estimate of drug-likeness (QED) is 0.106. The number of ether oxygens (including phenoxy) is 3. The predicted molar refractivity (Wildman–Crippen MR) is 248 cm³/mol. The first kappa shape index (κ1) is 60.6. The number of rotatable bonds is 6. The molecule has 1 saturated heterocycles. The van der Waals surface area contributed by atoms with E-state index in [1.807, 2.05) is 0 Å². The Morgan fingerprint density at radius 3 is 1.85 bits per heavy atom. The van der Waals surface area contributed by atoms with E-state index < -0.39 is 148 Å². The van der Waals surface area contributed by atoms with Gasteiger partial charge < -0.3 is 91.6 Å². The van der Waals surface area contributed by atoms with Gasteiger partial charge in [0.05, 0.1) is 105 Å². The fourth-order valence-electron chi connectivity index (χ4n) is 7.40. The smallest absolute Gasteiger partial charge is 0.308 e. The van der Waals surface area contributed by atoms with Gasteiger partial charge in [-0.15, -0.1) is 0 Å². The van der Waals surface area contributed by atoms with Gasteiger partial charge in [0, 0.05) is 31.6 Å². The number of aliphatic hydroxyl groups is 13. The van der Waals surface area contributed by atoms with Crippen LogP contribution in [0.15, 0.2) is 85.1 Å². The van der Waals surface area contributed by atoms with Crippen molar-refractivity contribution in [3.8, 4) is 0 Å². The zero-order chi connectivity index (χ0) is 50.8. The molecule has 2 heterocycles. The number of esters is 1. The van der Waals surface area contributed by atoms with Gasteiger partial charge in [0.25, 0.3) is 0 Å². The van der Waals surface area contributed by atoms with Crippen LogP contribution in [-0.2, 0) is 23.8 Å². The van der Waals surface area contributed by atoms with Crippen molar-refractivity contribution in [3.05, 3.63) is 85.1 Å². The lowest BCUT2D eigenvalue weighted by atomic mass is 9.87. The maximum atomic E-state index is 13.6. The molecule has 0 saturated carbocycles. The number of aliphatic hydroxyl groups excluding tert-OH is 11. The number of amides is 1. The highest BCUT2D eigenvalue weighted by Gasteiger charge is 2.43. The summed E-state index contributed by atoms with van der Waals surface area (Å²) in [6, 6.07) is -2.27. The molecule has 6 unspecified atom stereocenters. The number of hydrogen-bond donors (Lipinski definition) is 15. The van der Waals surface area contributed by atoms with Gasteiger partial charge in [0.1, 0.15) is 6.10 Å². The largest absolute Gasteiger partial charge is 0.465 e. The summed E-state index contributed by atoms with van der Waals surface area (Å²) in [7, 11) is 0. The van der Waals surface area contributed by atoms with Crippen molar-refractivity contribution in [2.24, 2.45) is 17.6 Å². The highest BCUT2D eigenvalue weighted by molar-refractivity contribution is 5.79. The van der Waals surface area contributed by atoms with Crippen LogP contribution in [-0.4, -0.2) is 189 Å². The van der Waals surface area contributed by atoms with Gasteiger partial charge in [0.15, 0.2) is 12.1 Å². The molecule has 388 valence electrons. The maximum Gasteiger partial charge on any atom is 0.308 e. The molecule has 0 aromatic rings. The second-order valence-electron chi connectivity index (χ2n) is 17.6. The van der Waals surface area contributed by atoms with Crippen LogP contribution in [0.25, 0.3) is 0 Å². The summed E-state index contributed by atoms with van der Waals surface area (Å²) < 4.78 is 16.9. The van der Waals surface area contributed by atoms with Gasteiger partial charge in [-0.1, -0.05) is 92.0 Å². The van der Waals surface area contributed by atoms with Crippen molar-refractivity contribution in [2.45, 2.75) is 169 Å². The maximum absolute atomic E-state index is 13.6. The van der Waals surface area contributed by atoms with E-state index in [2.05, 4.69) is 5.32 Å². The average molecular weight is 971 g/mol. The lowest BCUT2D eigenvalue weighted by Gasteiger charge is -2.40. The molecular weight excluding hydrogens is 893 g/mol. The van der Waals surface area contributed by atoms with Crippen LogP contribution in [0.5, 0.6) is 0 Å². The molecule has 2 aliphatic rings. The Bertz CT molecular complexity index is 1650. The predicted octanol–water partition coefficient (Wildman–Crippen LogP) is -1.55. The molecule has 20 nitrogen and oxygen atoms in total. The Labute approximate surface area is 398 Å². The van der Waals surface area contributed by atoms with Crippen LogP contribution in [0.1, 0.15) is 78.1 Å². The van der Waals surface area contributed by atoms with E-state index in [4.69, 9.17) is 19.9 Å². The van der Waals surface area contributed by atoms with E-state index in [1.165, 1.54) is 6.92 Å². The third kappa shape index (κ3) is 23.9. The Morgan fingerprint density at radius 1 is 0.691 bits per heavy atom. The van der Waals surface area contributed by atoms with Crippen molar-refractivity contribution in [3.63, 3.8) is 0 Å². The van der Waals surface area contributed by atoms with E-state index in [-0.39, 0.29) is 51.0 Å². The van der Waals surface area contributed by atoms with E-state index >= 15 is 0 Å². The minimum absolute atomic E-state index is 0.0754. The third-order valence-corrected chi connectivity index (χ3v) is 11.6. The summed E-state index contributed by atoms with van der Waals surface area (Å²) >= 11 is 0. The molecule has 0 aromatic heterocycles. The van der Waals surface area contributed by atoms with E-state index in [0.29, 0.717) is 0 Å². The molecule has 2 aliphatic heterocycles. The number of nitrogens with one attached hydrogen (secondary N) is 1. The summed E-state index contributed by atoms with van der Waals surface area (Å²) in [5.41, 5.74) is 6.02. The molecule has 0 spiro atoms. The molecule has 0 aliphatic carbocycles. The Kier molecular flexibility index (Phi) is 28.9. The first-order valence-corrected chi connectivity index (χ1v) is 23.2. The fourth-order valence-corrected chi connectivity index (χ4v) is 7.40. The first-order chi connectivity index (χ1) is 32.2. The van der Waals surface area contributed by atoms with Crippen LogP contribution in [0.3, 0.4) is 0 Å². The lowest BCUT2D eigenvalue weighted by molar-refractivity contribution is -0.276. The topological polar surface area (TPSA) is 363 Å². The lowest BCUT2D eigenvalue weighted by Crippen LogP contribution is -2.61. The zero-order valence-corrected chi connectivity index (χ0v) is 38.9. The van der Waals surface area contributed by atoms with Crippen LogP contribution < -0.4 is 11.1 Å². The van der Waals surface area contributed by atoms with Crippen molar-refractivity contribution in [1.29, 1.82) is 0 Å². The molecule has 0 bridgehead atoms. The standard InChI is InChI=1S/C48H78N2O18/c1-30-15-13-11-9-7-5-3-4-6-8-10-12-14-16-36(68-47-45(62)43(49)44(61)31(2)67-47)18-19-37(46(63)50-32(28-51)29-52)41(59)27-48(64,65)26-35(55)24-40(58)39(57)20-17-33(53)23-34(54)25-42(60)66-22-21-38(30)56/h3-16,30-41,43-45,47,51-59,61-62,64-65H,17-29,49H2,1-2H3,(H,50,63)/b4-3+,7-5+,8-6+,11-9+,12-10+,15-13+,16-14+/t30-,31?,33+,34+,35-,36?,37-,38-,39+,40+,41-,43?,44?,45?,47?/m0/s1. The number of hydrogen-bond acceptors (Lipinski definition) is 19. The third-order valence-electron chi connectivity index (χ3n) is 11.6. The molecule has 16 N–H and O–H groups in total. The molecule has 20 heteroatoms. The summed E-state index contributed by atoms with van der Waals surface area (Å²) in [4.78, 5) is 25.8. The van der Waals surface area contributed by atoms with E-state index in [9.17, 15) is 76.0 Å². The van der Waals surface area contributed by atoms with Crippen molar-refractivity contribution in [2.75, 3.05) is 19.8 Å². The van der Waals surface area contributed by atoms with E-state index in [1.54, 1.807) is 92.0 Å². The van der Waals surface area contributed by atoms with Crippen molar-refractivity contribution < 1.29 is 90.2 Å². The second-order valence-corrected chi connectivity index (χ2v) is 17.6. The van der Waals surface area contributed by atoms with Gasteiger partial charge in [0.2, 0.25) is 5.91 Å². The number of cyclic esters (lactones) is 1. The average Bonchev–Trinajstić information content (AvgIpc) is 3.27.